The second kappa shape index (κ2) is 4.22. The molecule has 0 spiro atoms. The van der Waals surface area contributed by atoms with Gasteiger partial charge in [-0.05, 0) is 24.6 Å². The van der Waals surface area contributed by atoms with Crippen LogP contribution in [-0.4, -0.2) is 21.7 Å². The second-order valence-electron chi connectivity index (χ2n) is 4.43. The van der Waals surface area contributed by atoms with E-state index in [0.717, 1.165) is 22.0 Å². The normalized spacial score (nSPS) is 12.9. The van der Waals surface area contributed by atoms with Crippen LogP contribution in [0.25, 0.3) is 10.9 Å². The lowest BCUT2D eigenvalue weighted by Gasteiger charge is -2.04. The van der Waals surface area contributed by atoms with Crippen LogP contribution in [0.5, 0.6) is 0 Å². The van der Waals surface area contributed by atoms with E-state index in [9.17, 15) is 4.79 Å². The largest absolute Gasteiger partial charge is 0.480 e. The average molecular weight is 232 g/mol. The van der Waals surface area contributed by atoms with Crippen molar-refractivity contribution < 1.29 is 9.90 Å². The number of carboxylic acids is 1. The third-order valence-corrected chi connectivity index (χ3v) is 2.98. The van der Waals surface area contributed by atoms with E-state index in [1.807, 2.05) is 36.9 Å². The third-order valence-electron chi connectivity index (χ3n) is 2.98. The first-order chi connectivity index (χ1) is 7.99. The Labute approximate surface area is 99.7 Å². The summed E-state index contributed by atoms with van der Waals surface area (Å²) in [5.41, 5.74) is 8.83. The molecule has 0 bridgehead atoms. The molecule has 0 aliphatic heterocycles. The molecule has 1 heterocycles. The Kier molecular flexibility index (Phi) is 2.90. The quantitative estimate of drug-likeness (QED) is 0.841. The summed E-state index contributed by atoms with van der Waals surface area (Å²) in [6.45, 7) is 2.02. The zero-order valence-electron chi connectivity index (χ0n) is 9.97. The van der Waals surface area contributed by atoms with Gasteiger partial charge in [0.05, 0.1) is 0 Å². The fourth-order valence-corrected chi connectivity index (χ4v) is 2.07. The maximum atomic E-state index is 10.8. The number of aromatic nitrogens is 1. The summed E-state index contributed by atoms with van der Waals surface area (Å²) in [6, 6.07) is 5.31. The third kappa shape index (κ3) is 2.17. The van der Waals surface area contributed by atoms with E-state index in [4.69, 9.17) is 10.8 Å². The molecule has 2 aromatic rings. The van der Waals surface area contributed by atoms with Gasteiger partial charge < -0.3 is 15.4 Å². The highest BCUT2D eigenvalue weighted by atomic mass is 16.4. The van der Waals surface area contributed by atoms with Crippen LogP contribution in [0.1, 0.15) is 11.1 Å². The van der Waals surface area contributed by atoms with Crippen molar-refractivity contribution in [1.82, 2.24) is 4.57 Å². The van der Waals surface area contributed by atoms with E-state index in [1.165, 1.54) is 0 Å². The maximum Gasteiger partial charge on any atom is 0.320 e. The van der Waals surface area contributed by atoms with Gasteiger partial charge in [0.1, 0.15) is 6.04 Å². The monoisotopic (exact) mass is 232 g/mol. The Morgan fingerprint density at radius 3 is 2.88 bits per heavy atom. The lowest BCUT2D eigenvalue weighted by molar-refractivity contribution is -0.138. The smallest absolute Gasteiger partial charge is 0.320 e. The van der Waals surface area contributed by atoms with Gasteiger partial charge in [-0.2, -0.15) is 0 Å². The molecule has 0 saturated heterocycles. The van der Waals surface area contributed by atoms with Gasteiger partial charge in [0.25, 0.3) is 0 Å². The molecular weight excluding hydrogens is 216 g/mol. The number of hydrogen-bond donors (Lipinski definition) is 2. The van der Waals surface area contributed by atoms with Gasteiger partial charge in [-0.3, -0.25) is 4.79 Å². The summed E-state index contributed by atoms with van der Waals surface area (Å²) in [5, 5.41) is 9.93. The van der Waals surface area contributed by atoms with E-state index < -0.39 is 12.0 Å². The van der Waals surface area contributed by atoms with Crippen molar-refractivity contribution >= 4 is 16.9 Å². The number of fused-ring (bicyclic) bond motifs is 1. The highest BCUT2D eigenvalue weighted by molar-refractivity contribution is 5.85. The molecule has 3 N–H and O–H groups in total. The fraction of sp³-hybridized carbons (Fsp3) is 0.308. The molecular formula is C13H16N2O2. The molecule has 0 aliphatic rings. The molecule has 4 heteroatoms. The lowest BCUT2D eigenvalue weighted by atomic mass is 10.0. The summed E-state index contributed by atoms with van der Waals surface area (Å²) in [4.78, 5) is 10.8. The first kappa shape index (κ1) is 11.7. The van der Waals surface area contributed by atoms with E-state index in [-0.39, 0.29) is 0 Å². The average Bonchev–Trinajstić information content (AvgIpc) is 2.55. The Morgan fingerprint density at radius 2 is 2.24 bits per heavy atom. The van der Waals surface area contributed by atoms with E-state index in [1.54, 1.807) is 0 Å². The number of nitrogens with zero attached hydrogens (tertiary/aromatic N) is 1. The molecule has 90 valence electrons. The van der Waals surface area contributed by atoms with Crippen molar-refractivity contribution in [1.29, 1.82) is 0 Å². The van der Waals surface area contributed by atoms with Gasteiger partial charge in [-0.15, -0.1) is 0 Å². The number of carboxylic acid groups (broad SMARTS) is 1. The topological polar surface area (TPSA) is 68.2 Å². The first-order valence-corrected chi connectivity index (χ1v) is 5.52. The standard InChI is InChI=1S/C13H16N2O2/c1-8-3-4-12-10(5-8)9(7-15(12)2)6-11(14)13(16)17/h3-5,7,11H,6,14H2,1-2H3,(H,16,17). The molecule has 1 atom stereocenters. The van der Waals surface area contributed by atoms with Gasteiger partial charge in [0, 0.05) is 30.6 Å². The molecule has 0 saturated carbocycles. The lowest BCUT2D eigenvalue weighted by Crippen LogP contribution is -2.32. The first-order valence-electron chi connectivity index (χ1n) is 5.52. The van der Waals surface area contributed by atoms with Crippen LogP contribution >= 0.6 is 0 Å². The van der Waals surface area contributed by atoms with Crippen LogP contribution < -0.4 is 5.73 Å². The maximum absolute atomic E-state index is 10.8. The molecule has 2 rings (SSSR count). The highest BCUT2D eigenvalue weighted by Crippen LogP contribution is 2.22. The molecule has 0 radical (unpaired) electrons. The van der Waals surface area contributed by atoms with Crippen molar-refractivity contribution in [3.63, 3.8) is 0 Å². The Hall–Kier alpha value is -1.81. The Balaban J connectivity index is 2.47. The van der Waals surface area contributed by atoms with Crippen molar-refractivity contribution in [3.8, 4) is 0 Å². The molecule has 1 unspecified atom stereocenters. The van der Waals surface area contributed by atoms with Crippen molar-refractivity contribution in [2.75, 3.05) is 0 Å². The summed E-state index contributed by atoms with van der Waals surface area (Å²) < 4.78 is 2.00. The van der Waals surface area contributed by atoms with E-state index in [0.29, 0.717) is 6.42 Å². The molecule has 0 amide bonds. The Bertz CT molecular complexity index is 572. The van der Waals surface area contributed by atoms with Crippen LogP contribution in [-0.2, 0) is 18.3 Å². The van der Waals surface area contributed by atoms with Crippen LogP contribution in [0.3, 0.4) is 0 Å². The minimum Gasteiger partial charge on any atom is -0.480 e. The molecule has 0 fully saturated rings. The second-order valence-corrected chi connectivity index (χ2v) is 4.43. The summed E-state index contributed by atoms with van der Waals surface area (Å²) in [6.07, 6.45) is 2.31. The summed E-state index contributed by atoms with van der Waals surface area (Å²) in [5.74, 6) is -0.963. The number of carbonyl (C=O) groups is 1. The Morgan fingerprint density at radius 1 is 1.53 bits per heavy atom. The molecule has 0 aliphatic carbocycles. The number of benzene rings is 1. The molecule has 1 aromatic heterocycles. The van der Waals surface area contributed by atoms with Gasteiger partial charge in [-0.1, -0.05) is 11.6 Å². The van der Waals surface area contributed by atoms with Crippen LogP contribution in [0.4, 0.5) is 0 Å². The number of hydrogen-bond acceptors (Lipinski definition) is 2. The highest BCUT2D eigenvalue weighted by Gasteiger charge is 2.15. The van der Waals surface area contributed by atoms with Crippen molar-refractivity contribution in [2.24, 2.45) is 12.8 Å². The molecule has 17 heavy (non-hydrogen) atoms. The predicted octanol–water partition coefficient (Wildman–Crippen LogP) is 1.44. The number of aryl methyl sites for hydroxylation is 2. The van der Waals surface area contributed by atoms with E-state index >= 15 is 0 Å². The minimum atomic E-state index is -0.963. The van der Waals surface area contributed by atoms with Gasteiger partial charge >= 0.3 is 5.97 Å². The number of aliphatic carboxylic acids is 1. The van der Waals surface area contributed by atoms with Crippen molar-refractivity contribution in [3.05, 3.63) is 35.5 Å². The fourth-order valence-electron chi connectivity index (χ4n) is 2.07. The number of nitrogens with two attached hydrogens (primary N) is 1. The SMILES string of the molecule is Cc1ccc2c(c1)c(CC(N)C(=O)O)cn2C. The van der Waals surface area contributed by atoms with Gasteiger partial charge in [0.2, 0.25) is 0 Å². The zero-order chi connectivity index (χ0) is 12.6. The summed E-state index contributed by atoms with van der Waals surface area (Å²) >= 11 is 0. The van der Waals surface area contributed by atoms with Crippen LogP contribution in [0, 0.1) is 6.92 Å². The van der Waals surface area contributed by atoms with Crippen LogP contribution in [0.2, 0.25) is 0 Å². The minimum absolute atomic E-state index is 0.357. The van der Waals surface area contributed by atoms with Gasteiger partial charge in [0.15, 0.2) is 0 Å². The molecule has 1 aromatic carbocycles. The summed E-state index contributed by atoms with van der Waals surface area (Å²) in [7, 11) is 1.95. The number of rotatable bonds is 3. The van der Waals surface area contributed by atoms with Gasteiger partial charge in [-0.25, -0.2) is 0 Å². The van der Waals surface area contributed by atoms with E-state index in [2.05, 4.69) is 6.07 Å². The van der Waals surface area contributed by atoms with Crippen molar-refractivity contribution in [2.45, 2.75) is 19.4 Å². The zero-order valence-corrected chi connectivity index (χ0v) is 9.97. The molecule has 4 nitrogen and oxygen atoms in total. The van der Waals surface area contributed by atoms with Crippen LogP contribution in [0.15, 0.2) is 24.4 Å². The predicted molar refractivity (Wildman–Crippen MR) is 67.0 cm³/mol.